The molecule has 0 aliphatic carbocycles. The van der Waals surface area contributed by atoms with Crippen LogP contribution in [0.15, 0.2) is 72.8 Å². The lowest BCUT2D eigenvalue weighted by molar-refractivity contribution is -0.894. The van der Waals surface area contributed by atoms with Gasteiger partial charge in [-0.3, -0.25) is 0 Å². The minimum atomic E-state index is -1.44. The number of hydrogen-bond donors (Lipinski definition) is 10. The van der Waals surface area contributed by atoms with Crippen molar-refractivity contribution in [3.05, 3.63) is 104 Å². The summed E-state index contributed by atoms with van der Waals surface area (Å²) < 4.78 is 13.1. The number of urea groups is 2. The number of carboxylic acid groups (broad SMARTS) is 2. The number of carbonyl (C=O) groups excluding carboxylic acids is 4. The number of aliphatic hydroxyl groups is 4. The first-order valence-electron chi connectivity index (χ1n) is 25.1. The molecule has 0 spiro atoms. The SMILES string of the molecule is CC1(C)C[C@@](CO)(C[NH+]2CCCC2)Oc2c(NC(=O)Nc3ccc(Cl)cc3)cc(Cl)cc21.CC1(C)C[C@](CO)(C[NH+]2CCCC2)Oc2c(NC(=O)Nc3ccc(Cl)cc3)cc(Cl)cc21.C[C@@H](O)C(=O)[O-].C[C@H](O)C(=O)[O-]. The largest absolute Gasteiger partial charge is 0.547 e. The molecule has 2 fully saturated rings. The van der Waals surface area contributed by atoms with Crippen molar-refractivity contribution in [2.75, 3.05) is 73.7 Å². The van der Waals surface area contributed by atoms with Crippen LogP contribution in [0.1, 0.15) is 91.2 Å². The molecule has 0 radical (unpaired) electrons. The smallest absolute Gasteiger partial charge is 0.323 e. The number of halogens is 4. The highest BCUT2D eigenvalue weighted by Gasteiger charge is 2.50. The number of aliphatic hydroxyl groups excluding tert-OH is 4. The molecule has 4 atom stereocenters. The molecule has 4 aliphatic heterocycles. The lowest BCUT2D eigenvalue weighted by Gasteiger charge is -2.45. The molecule has 76 heavy (non-hydrogen) atoms. The summed E-state index contributed by atoms with van der Waals surface area (Å²) in [7, 11) is 0. The monoisotopic (exact) mass is 1130 g/mol. The third-order valence-corrected chi connectivity index (χ3v) is 14.4. The lowest BCUT2D eigenvalue weighted by atomic mass is 9.72. The van der Waals surface area contributed by atoms with Crippen LogP contribution in [0, 0.1) is 0 Å². The molecule has 4 aromatic rings. The Morgan fingerprint density at radius 1 is 0.553 bits per heavy atom. The Balaban J connectivity index is 0.000000231. The Kier molecular flexibility index (Phi) is 21.9. The van der Waals surface area contributed by atoms with E-state index in [9.17, 15) is 39.6 Å². The highest BCUT2D eigenvalue weighted by molar-refractivity contribution is 6.32. The highest BCUT2D eigenvalue weighted by Crippen LogP contribution is 2.50. The van der Waals surface area contributed by atoms with Gasteiger partial charge in [0.15, 0.2) is 11.2 Å². The molecule has 22 heteroatoms. The van der Waals surface area contributed by atoms with Gasteiger partial charge in [-0.2, -0.15) is 0 Å². The van der Waals surface area contributed by atoms with Gasteiger partial charge >= 0.3 is 12.1 Å². The van der Waals surface area contributed by atoms with Gasteiger partial charge in [-0.15, -0.1) is 0 Å². The van der Waals surface area contributed by atoms with Crippen molar-refractivity contribution in [3.8, 4) is 11.5 Å². The number of fused-ring (bicyclic) bond motifs is 2. The first-order chi connectivity index (χ1) is 35.7. The number of aliphatic carboxylic acids is 2. The Morgan fingerprint density at radius 3 is 1.13 bits per heavy atom. The van der Waals surface area contributed by atoms with Crippen molar-refractivity contribution < 1.29 is 69.1 Å². The molecule has 0 aromatic heterocycles. The molecule has 0 saturated carbocycles. The zero-order valence-electron chi connectivity index (χ0n) is 43.5. The van der Waals surface area contributed by atoms with E-state index < -0.39 is 47.4 Å². The van der Waals surface area contributed by atoms with E-state index in [1.807, 2.05) is 12.1 Å². The summed E-state index contributed by atoms with van der Waals surface area (Å²) in [6, 6.07) is 20.1. The molecule has 416 valence electrons. The average molecular weight is 1140 g/mol. The van der Waals surface area contributed by atoms with E-state index in [0.29, 0.717) is 67.2 Å². The van der Waals surface area contributed by atoms with E-state index in [2.05, 4.69) is 49.0 Å². The maximum absolute atomic E-state index is 12.7. The first kappa shape index (κ1) is 61.7. The summed E-state index contributed by atoms with van der Waals surface area (Å²) in [5, 5.41) is 69.1. The summed E-state index contributed by atoms with van der Waals surface area (Å²) >= 11 is 24.7. The predicted molar refractivity (Wildman–Crippen MR) is 290 cm³/mol. The van der Waals surface area contributed by atoms with Gasteiger partial charge in [0.25, 0.3) is 0 Å². The van der Waals surface area contributed by atoms with E-state index in [1.54, 1.807) is 60.7 Å². The van der Waals surface area contributed by atoms with Crippen molar-refractivity contribution in [3.63, 3.8) is 0 Å². The van der Waals surface area contributed by atoms with Crippen molar-refractivity contribution in [1.82, 2.24) is 0 Å². The average Bonchev–Trinajstić information content (AvgIpc) is 4.07. The van der Waals surface area contributed by atoms with Crippen LogP contribution in [0.25, 0.3) is 0 Å². The van der Waals surface area contributed by atoms with Crippen molar-refractivity contribution in [2.24, 2.45) is 0 Å². The number of likely N-dealkylation sites (tertiary alicyclic amines) is 2. The van der Waals surface area contributed by atoms with Gasteiger partial charge in [-0.05, 0) is 97.5 Å². The highest BCUT2D eigenvalue weighted by atomic mass is 35.5. The van der Waals surface area contributed by atoms with Crippen LogP contribution < -0.4 is 50.8 Å². The van der Waals surface area contributed by atoms with Gasteiger partial charge in [0.05, 0.1) is 74.9 Å². The summed E-state index contributed by atoms with van der Waals surface area (Å²) in [6.07, 6.45) is 3.45. The Labute approximate surface area is 463 Å². The number of quaternary nitrogens is 2. The molecule has 4 aromatic carbocycles. The number of rotatable bonds is 12. The maximum Gasteiger partial charge on any atom is 0.323 e. The van der Waals surface area contributed by atoms with E-state index in [1.165, 1.54) is 35.5 Å². The molecule has 4 amide bonds. The minimum absolute atomic E-state index is 0.0849. The van der Waals surface area contributed by atoms with Crippen LogP contribution in [0.5, 0.6) is 11.5 Å². The van der Waals surface area contributed by atoms with Crippen molar-refractivity contribution in [2.45, 2.75) is 114 Å². The number of anilines is 4. The molecule has 0 bridgehead atoms. The van der Waals surface area contributed by atoms with Crippen LogP contribution in [0.2, 0.25) is 20.1 Å². The minimum Gasteiger partial charge on any atom is -0.547 e. The summed E-state index contributed by atoms with van der Waals surface area (Å²) in [4.78, 5) is 47.0. The van der Waals surface area contributed by atoms with Gasteiger partial charge in [0.1, 0.15) is 24.6 Å². The van der Waals surface area contributed by atoms with E-state index >= 15 is 0 Å². The molecule has 0 unspecified atom stereocenters. The zero-order valence-corrected chi connectivity index (χ0v) is 46.6. The van der Waals surface area contributed by atoms with E-state index in [0.717, 1.165) is 64.2 Å². The number of benzene rings is 4. The van der Waals surface area contributed by atoms with Crippen molar-refractivity contribution in [1.29, 1.82) is 0 Å². The van der Waals surface area contributed by atoms with Crippen LogP contribution in [-0.4, -0.2) is 120 Å². The summed E-state index contributed by atoms with van der Waals surface area (Å²) in [5.74, 6) is -1.72. The summed E-state index contributed by atoms with van der Waals surface area (Å²) in [6.45, 7) is 16.4. The topological polar surface area (TPSA) is 271 Å². The summed E-state index contributed by atoms with van der Waals surface area (Å²) in [5.41, 5.74) is 2.05. The van der Waals surface area contributed by atoms with Gasteiger partial charge in [0, 0.05) is 81.1 Å². The van der Waals surface area contributed by atoms with Crippen LogP contribution in [-0.2, 0) is 20.4 Å². The Bertz CT molecular complexity index is 2450. The molecule has 8 rings (SSSR count). The molecule has 2 saturated heterocycles. The molecule has 4 aliphatic rings. The fraction of sp³-hybridized carbons (Fsp3) is 0.481. The number of ether oxygens (including phenoxy) is 2. The zero-order chi connectivity index (χ0) is 56.2. The molecular formula is C54H70Cl4N6O12. The second-order valence-corrected chi connectivity index (χ2v) is 22.8. The number of carbonyl (C=O) groups is 4. The standard InChI is InChI=1S/2C24H29Cl2N3O3.2C3H6O3/c2*1-23(2)13-24(15-30,14-29-9-3-4-10-29)32-21-19(23)11-17(26)12-20(21)28-22(31)27-18-7-5-16(25)6-8-18;2*1-2(4)3(5)6/h2*5-8,11-12,30H,3-4,9-10,13-15H2,1-2H3,(H2,27,28,31);2*2,4H,1H3,(H,5,6)/t2*24-;2*2-/m1010/s1. The number of hydrogen-bond acceptors (Lipinski definition) is 12. The van der Waals surface area contributed by atoms with Gasteiger partial charge in [-0.25, -0.2) is 9.59 Å². The number of carboxylic acids is 2. The second kappa shape index (κ2) is 27.0. The Morgan fingerprint density at radius 2 is 0.855 bits per heavy atom. The number of nitrogens with one attached hydrogen (secondary N) is 6. The molecule has 18 nitrogen and oxygen atoms in total. The first-order valence-corrected chi connectivity index (χ1v) is 26.6. The lowest BCUT2D eigenvalue weighted by Crippen LogP contribution is -3.12. The van der Waals surface area contributed by atoms with Crippen LogP contribution >= 0.6 is 46.4 Å². The molecule has 10 N–H and O–H groups in total. The van der Waals surface area contributed by atoms with Crippen molar-refractivity contribution >= 4 is 93.2 Å². The predicted octanol–water partition coefficient (Wildman–Crippen LogP) is 4.45. The van der Waals surface area contributed by atoms with Gasteiger partial charge in [0.2, 0.25) is 0 Å². The fourth-order valence-electron chi connectivity index (χ4n) is 10.0. The van der Waals surface area contributed by atoms with Gasteiger partial charge in [-0.1, -0.05) is 74.1 Å². The molecular weight excluding hydrogens is 1070 g/mol. The van der Waals surface area contributed by atoms with Crippen LogP contribution in [0.3, 0.4) is 0 Å². The quantitative estimate of drug-likeness (QED) is 0.0944. The van der Waals surface area contributed by atoms with Crippen LogP contribution in [0.4, 0.5) is 32.3 Å². The fourth-order valence-corrected chi connectivity index (χ4v) is 10.7. The maximum atomic E-state index is 12.7. The third-order valence-electron chi connectivity index (χ3n) is 13.5. The Hall–Kier alpha value is -5.12. The number of amides is 4. The van der Waals surface area contributed by atoms with Gasteiger partial charge < -0.3 is 80.8 Å². The molecule has 4 heterocycles. The van der Waals surface area contributed by atoms with E-state index in [-0.39, 0.29) is 24.0 Å². The second-order valence-electron chi connectivity index (χ2n) is 21.1. The van der Waals surface area contributed by atoms with E-state index in [4.69, 9.17) is 66.1 Å². The third kappa shape index (κ3) is 17.4. The normalized spacial score (nSPS) is 20.8.